The molecule has 1 aromatic carbocycles. The van der Waals surface area contributed by atoms with E-state index in [1.54, 1.807) is 11.8 Å². The second-order valence-electron chi connectivity index (χ2n) is 6.17. The maximum absolute atomic E-state index is 5.74. The molecule has 3 rings (SSSR count). The van der Waals surface area contributed by atoms with Crippen LogP contribution in [0, 0.1) is 0 Å². The van der Waals surface area contributed by atoms with E-state index >= 15 is 0 Å². The van der Waals surface area contributed by atoms with Gasteiger partial charge < -0.3 is 8.98 Å². The minimum atomic E-state index is -0.119. The van der Waals surface area contributed by atoms with Gasteiger partial charge in [0.05, 0.1) is 16.8 Å². The highest BCUT2D eigenvalue weighted by Crippen LogP contribution is 2.27. The fourth-order valence-electron chi connectivity index (χ4n) is 2.21. The molecule has 5 nitrogen and oxygen atoms in total. The number of imidazole rings is 1. The molecule has 0 radical (unpaired) electrons. The van der Waals surface area contributed by atoms with Crippen LogP contribution in [0.2, 0.25) is 0 Å². The highest BCUT2D eigenvalue weighted by molar-refractivity contribution is 7.98. The zero-order chi connectivity index (χ0) is 15.7. The van der Waals surface area contributed by atoms with Gasteiger partial charge in [0, 0.05) is 12.0 Å². The van der Waals surface area contributed by atoms with Gasteiger partial charge >= 0.3 is 0 Å². The summed E-state index contributed by atoms with van der Waals surface area (Å²) in [6, 6.07) is 8.19. The molecule has 0 aliphatic rings. The Balaban J connectivity index is 1.80. The third-order valence-corrected chi connectivity index (χ3v) is 4.33. The van der Waals surface area contributed by atoms with E-state index in [9.17, 15) is 0 Å². The zero-order valence-corrected chi connectivity index (χ0v) is 14.1. The lowest BCUT2D eigenvalue weighted by atomic mass is 9.97. The lowest BCUT2D eigenvalue weighted by Gasteiger charge is -2.10. The SMILES string of the molecule is CCn1c(SCc2nnc(C(C)(C)C)o2)nc2ccccc21. The molecule has 0 unspecified atom stereocenters. The first-order valence-electron chi connectivity index (χ1n) is 7.40. The Bertz CT molecular complexity index is 785. The van der Waals surface area contributed by atoms with Crippen molar-refractivity contribution in [1.29, 1.82) is 0 Å². The van der Waals surface area contributed by atoms with Gasteiger partial charge in [0.1, 0.15) is 0 Å². The summed E-state index contributed by atoms with van der Waals surface area (Å²) in [5, 5.41) is 9.25. The van der Waals surface area contributed by atoms with Crippen molar-refractivity contribution in [3.63, 3.8) is 0 Å². The van der Waals surface area contributed by atoms with Crippen molar-refractivity contribution < 1.29 is 4.42 Å². The summed E-state index contributed by atoms with van der Waals surface area (Å²) >= 11 is 1.63. The molecule has 22 heavy (non-hydrogen) atoms. The molecule has 0 atom stereocenters. The molecule has 0 N–H and O–H groups in total. The highest BCUT2D eigenvalue weighted by Gasteiger charge is 2.21. The Morgan fingerprint density at radius 1 is 1.18 bits per heavy atom. The summed E-state index contributed by atoms with van der Waals surface area (Å²) in [5.74, 6) is 1.95. The lowest BCUT2D eigenvalue weighted by molar-refractivity contribution is 0.378. The molecule has 116 valence electrons. The summed E-state index contributed by atoms with van der Waals surface area (Å²) in [6.07, 6.45) is 0. The molecule has 0 spiro atoms. The third kappa shape index (κ3) is 2.88. The third-order valence-electron chi connectivity index (χ3n) is 3.37. The molecular formula is C16H20N4OS. The smallest absolute Gasteiger partial charge is 0.226 e. The second kappa shape index (κ2) is 5.76. The van der Waals surface area contributed by atoms with Crippen LogP contribution in [0.25, 0.3) is 11.0 Å². The number of hydrogen-bond acceptors (Lipinski definition) is 5. The van der Waals surface area contributed by atoms with Gasteiger partial charge in [-0.3, -0.25) is 0 Å². The maximum atomic E-state index is 5.74. The van der Waals surface area contributed by atoms with Gasteiger partial charge in [-0.2, -0.15) is 0 Å². The van der Waals surface area contributed by atoms with Crippen molar-refractivity contribution in [2.45, 2.75) is 50.6 Å². The molecule has 0 aliphatic carbocycles. The number of nitrogens with zero attached hydrogens (tertiary/aromatic N) is 4. The van der Waals surface area contributed by atoms with E-state index < -0.39 is 0 Å². The van der Waals surface area contributed by atoms with Crippen molar-refractivity contribution >= 4 is 22.8 Å². The Hall–Kier alpha value is -1.82. The summed E-state index contributed by atoms with van der Waals surface area (Å²) in [5.41, 5.74) is 2.06. The van der Waals surface area contributed by atoms with Gasteiger partial charge in [-0.15, -0.1) is 10.2 Å². The van der Waals surface area contributed by atoms with E-state index in [0.717, 1.165) is 22.7 Å². The van der Waals surface area contributed by atoms with Gasteiger partial charge in [0.25, 0.3) is 0 Å². The number of para-hydroxylation sites is 2. The van der Waals surface area contributed by atoms with Gasteiger partial charge in [-0.25, -0.2) is 4.98 Å². The molecule has 0 fully saturated rings. The van der Waals surface area contributed by atoms with Crippen molar-refractivity contribution in [3.8, 4) is 0 Å². The molecular weight excluding hydrogens is 296 g/mol. The molecule has 6 heteroatoms. The number of aromatic nitrogens is 4. The molecule has 0 saturated heterocycles. The molecule has 2 heterocycles. The Kier molecular flexibility index (Phi) is 3.95. The first kappa shape index (κ1) is 15.1. The molecule has 0 amide bonds. The van der Waals surface area contributed by atoms with Crippen molar-refractivity contribution in [1.82, 2.24) is 19.7 Å². The molecule has 0 bridgehead atoms. The Labute approximate surface area is 134 Å². The Morgan fingerprint density at radius 3 is 2.64 bits per heavy atom. The average Bonchev–Trinajstić information content (AvgIpc) is 3.08. The van der Waals surface area contributed by atoms with Crippen LogP contribution in [0.1, 0.15) is 39.5 Å². The van der Waals surface area contributed by atoms with Crippen LogP contribution in [0.3, 0.4) is 0 Å². The predicted molar refractivity (Wildman–Crippen MR) is 88.0 cm³/mol. The van der Waals surface area contributed by atoms with Gasteiger partial charge in [0.2, 0.25) is 11.8 Å². The largest absolute Gasteiger partial charge is 0.424 e. The van der Waals surface area contributed by atoms with Crippen LogP contribution >= 0.6 is 11.8 Å². The standard InChI is InChI=1S/C16H20N4OS/c1-5-20-12-9-7-6-8-11(12)17-15(20)22-10-13-18-19-14(21-13)16(2,3)4/h6-9H,5,10H2,1-4H3. The molecule has 0 aliphatic heterocycles. The summed E-state index contributed by atoms with van der Waals surface area (Å²) in [7, 11) is 0. The van der Waals surface area contributed by atoms with Gasteiger partial charge in [0.15, 0.2) is 5.16 Å². The molecule has 0 saturated carbocycles. The number of fused-ring (bicyclic) bond motifs is 1. The van der Waals surface area contributed by atoms with Gasteiger partial charge in [-0.05, 0) is 19.1 Å². The van der Waals surface area contributed by atoms with Crippen LogP contribution in [0.15, 0.2) is 33.8 Å². The molecule has 3 aromatic rings. The van der Waals surface area contributed by atoms with E-state index in [1.165, 1.54) is 0 Å². The molecule has 2 aromatic heterocycles. The number of aryl methyl sites for hydroxylation is 1. The van der Waals surface area contributed by atoms with Crippen LogP contribution in [0.5, 0.6) is 0 Å². The Morgan fingerprint density at radius 2 is 1.95 bits per heavy atom. The van der Waals surface area contributed by atoms with Crippen LogP contribution in [-0.2, 0) is 17.7 Å². The minimum absolute atomic E-state index is 0.119. The first-order valence-corrected chi connectivity index (χ1v) is 8.38. The first-order chi connectivity index (χ1) is 10.5. The number of hydrogen-bond donors (Lipinski definition) is 0. The van der Waals surface area contributed by atoms with E-state index in [2.05, 4.69) is 48.5 Å². The summed E-state index contributed by atoms with van der Waals surface area (Å²) < 4.78 is 7.95. The summed E-state index contributed by atoms with van der Waals surface area (Å²) in [6.45, 7) is 9.21. The van der Waals surface area contributed by atoms with Crippen molar-refractivity contribution in [2.24, 2.45) is 0 Å². The lowest BCUT2D eigenvalue weighted by Crippen LogP contribution is -2.11. The number of benzene rings is 1. The van der Waals surface area contributed by atoms with E-state index in [0.29, 0.717) is 17.5 Å². The van der Waals surface area contributed by atoms with Crippen molar-refractivity contribution in [3.05, 3.63) is 36.0 Å². The van der Waals surface area contributed by atoms with E-state index in [-0.39, 0.29) is 5.41 Å². The quantitative estimate of drug-likeness (QED) is 0.680. The number of rotatable bonds is 4. The van der Waals surface area contributed by atoms with Crippen molar-refractivity contribution in [2.75, 3.05) is 0 Å². The van der Waals surface area contributed by atoms with Crippen LogP contribution in [0.4, 0.5) is 0 Å². The monoisotopic (exact) mass is 316 g/mol. The van der Waals surface area contributed by atoms with Crippen LogP contribution < -0.4 is 0 Å². The summed E-state index contributed by atoms with van der Waals surface area (Å²) in [4.78, 5) is 4.69. The zero-order valence-electron chi connectivity index (χ0n) is 13.3. The van der Waals surface area contributed by atoms with Gasteiger partial charge in [-0.1, -0.05) is 44.7 Å². The topological polar surface area (TPSA) is 56.7 Å². The average molecular weight is 316 g/mol. The fourth-order valence-corrected chi connectivity index (χ4v) is 3.13. The maximum Gasteiger partial charge on any atom is 0.226 e. The van der Waals surface area contributed by atoms with E-state index in [1.807, 2.05) is 18.2 Å². The van der Waals surface area contributed by atoms with Crippen LogP contribution in [-0.4, -0.2) is 19.7 Å². The highest BCUT2D eigenvalue weighted by atomic mass is 32.2. The number of thioether (sulfide) groups is 1. The normalized spacial score (nSPS) is 12.2. The second-order valence-corrected chi connectivity index (χ2v) is 7.11. The predicted octanol–water partition coefficient (Wildman–Crippen LogP) is 4.03. The minimum Gasteiger partial charge on any atom is -0.424 e. The fraction of sp³-hybridized carbons (Fsp3) is 0.438. The van der Waals surface area contributed by atoms with E-state index in [4.69, 9.17) is 9.40 Å².